The lowest BCUT2D eigenvalue weighted by atomic mass is 10.2. The molecule has 0 aliphatic carbocycles. The van der Waals surface area contributed by atoms with Gasteiger partial charge in [-0.1, -0.05) is 42.1 Å². The van der Waals surface area contributed by atoms with Crippen LogP contribution in [0.5, 0.6) is 0 Å². The van der Waals surface area contributed by atoms with E-state index < -0.39 is 0 Å². The SMILES string of the molecule is Cc1ccccc1-n1ccnc1SCC(=O)Nc1cccc(C(=O)NCc2ccccn2)c1. The predicted octanol–water partition coefficient (Wildman–Crippen LogP) is 4.24. The number of carbonyl (C=O) groups excluding carboxylic acids is 2. The van der Waals surface area contributed by atoms with Crippen molar-refractivity contribution in [2.24, 2.45) is 0 Å². The van der Waals surface area contributed by atoms with Gasteiger partial charge in [-0.25, -0.2) is 4.98 Å². The van der Waals surface area contributed by atoms with Crippen LogP contribution in [0.3, 0.4) is 0 Å². The first-order chi connectivity index (χ1) is 16.1. The number of carbonyl (C=O) groups is 2. The molecule has 8 heteroatoms. The molecule has 0 bridgehead atoms. The summed E-state index contributed by atoms with van der Waals surface area (Å²) in [4.78, 5) is 33.6. The predicted molar refractivity (Wildman–Crippen MR) is 130 cm³/mol. The maximum absolute atomic E-state index is 12.5. The minimum atomic E-state index is -0.230. The van der Waals surface area contributed by atoms with Gasteiger partial charge < -0.3 is 10.6 Å². The number of imidazole rings is 1. The highest BCUT2D eigenvalue weighted by molar-refractivity contribution is 7.99. The standard InChI is InChI=1S/C25H23N5O2S/c1-18-7-2-3-11-22(18)30-14-13-27-25(30)33-17-23(31)29-20-10-6-8-19(15-20)24(32)28-16-21-9-4-5-12-26-21/h2-15H,16-17H2,1H3,(H,28,32)(H,29,31). The van der Waals surface area contributed by atoms with Crippen LogP contribution in [0.1, 0.15) is 21.6 Å². The first kappa shape index (κ1) is 22.3. The van der Waals surface area contributed by atoms with Crippen LogP contribution < -0.4 is 10.6 Å². The van der Waals surface area contributed by atoms with E-state index in [9.17, 15) is 9.59 Å². The summed E-state index contributed by atoms with van der Waals surface area (Å²) in [7, 11) is 0. The zero-order chi connectivity index (χ0) is 23.0. The fourth-order valence-electron chi connectivity index (χ4n) is 3.25. The zero-order valence-corrected chi connectivity index (χ0v) is 18.9. The number of nitrogens with one attached hydrogen (secondary N) is 2. The van der Waals surface area contributed by atoms with Gasteiger partial charge in [-0.3, -0.25) is 19.1 Å². The summed E-state index contributed by atoms with van der Waals surface area (Å²) in [6, 6.07) is 20.4. The van der Waals surface area contributed by atoms with E-state index >= 15 is 0 Å². The number of anilines is 1. The lowest BCUT2D eigenvalue weighted by molar-refractivity contribution is -0.113. The van der Waals surface area contributed by atoms with Gasteiger partial charge in [0.05, 0.1) is 23.7 Å². The number of para-hydroxylation sites is 1. The summed E-state index contributed by atoms with van der Waals surface area (Å²) in [6.45, 7) is 2.37. The van der Waals surface area contributed by atoms with Crippen LogP contribution in [-0.2, 0) is 11.3 Å². The van der Waals surface area contributed by atoms with E-state index in [1.165, 1.54) is 11.8 Å². The molecule has 0 saturated heterocycles. The van der Waals surface area contributed by atoms with Crippen LogP contribution >= 0.6 is 11.8 Å². The van der Waals surface area contributed by atoms with Crippen molar-refractivity contribution < 1.29 is 9.59 Å². The Balaban J connectivity index is 1.34. The highest BCUT2D eigenvalue weighted by Gasteiger charge is 2.12. The topological polar surface area (TPSA) is 88.9 Å². The molecule has 2 heterocycles. The first-order valence-electron chi connectivity index (χ1n) is 10.4. The Morgan fingerprint density at radius 2 is 1.82 bits per heavy atom. The second kappa shape index (κ2) is 10.6. The van der Waals surface area contributed by atoms with E-state index in [4.69, 9.17) is 0 Å². The molecule has 2 aromatic heterocycles. The van der Waals surface area contributed by atoms with Crippen LogP contribution in [0.4, 0.5) is 5.69 Å². The first-order valence-corrected chi connectivity index (χ1v) is 11.4. The summed E-state index contributed by atoms with van der Waals surface area (Å²) in [6.07, 6.45) is 5.29. The molecule has 0 fully saturated rings. The van der Waals surface area contributed by atoms with Crippen LogP contribution in [0.25, 0.3) is 5.69 Å². The number of amides is 2. The Bertz CT molecular complexity index is 1260. The van der Waals surface area contributed by atoms with Crippen LogP contribution in [0, 0.1) is 6.92 Å². The molecule has 0 spiro atoms. The molecule has 7 nitrogen and oxygen atoms in total. The summed E-state index contributed by atoms with van der Waals surface area (Å²) in [5.74, 6) is -0.212. The van der Waals surface area contributed by atoms with Gasteiger partial charge >= 0.3 is 0 Å². The molecular formula is C25H23N5O2S. The largest absolute Gasteiger partial charge is 0.346 e. The number of thioether (sulfide) groups is 1. The maximum atomic E-state index is 12.5. The van der Waals surface area contributed by atoms with Gasteiger partial charge in [0, 0.05) is 29.8 Å². The molecule has 33 heavy (non-hydrogen) atoms. The molecule has 0 aliphatic heterocycles. The third-order valence-corrected chi connectivity index (χ3v) is 5.85. The van der Waals surface area contributed by atoms with E-state index in [-0.39, 0.29) is 17.6 Å². The van der Waals surface area contributed by atoms with Gasteiger partial charge in [-0.2, -0.15) is 0 Å². The lowest BCUT2D eigenvalue weighted by Crippen LogP contribution is -2.23. The van der Waals surface area contributed by atoms with Crippen molar-refractivity contribution in [3.8, 4) is 5.69 Å². The van der Waals surface area contributed by atoms with E-state index in [2.05, 4.69) is 20.6 Å². The van der Waals surface area contributed by atoms with Gasteiger partial charge in [-0.15, -0.1) is 0 Å². The molecule has 2 aromatic carbocycles. The number of benzene rings is 2. The highest BCUT2D eigenvalue weighted by atomic mass is 32.2. The van der Waals surface area contributed by atoms with Crippen molar-refractivity contribution in [3.63, 3.8) is 0 Å². The molecule has 2 amide bonds. The number of aromatic nitrogens is 3. The normalized spacial score (nSPS) is 10.6. The van der Waals surface area contributed by atoms with Crippen LogP contribution in [0.2, 0.25) is 0 Å². The number of pyridine rings is 1. The summed E-state index contributed by atoms with van der Waals surface area (Å²) in [5, 5.41) is 6.43. The second-order valence-electron chi connectivity index (χ2n) is 7.29. The minimum absolute atomic E-state index is 0.176. The molecule has 0 atom stereocenters. The van der Waals surface area contributed by atoms with Crippen molar-refractivity contribution in [1.82, 2.24) is 19.9 Å². The molecule has 2 N–H and O–H groups in total. The van der Waals surface area contributed by atoms with Gasteiger partial charge in [0.25, 0.3) is 5.91 Å². The molecule has 0 radical (unpaired) electrons. The quantitative estimate of drug-likeness (QED) is 0.387. The summed E-state index contributed by atoms with van der Waals surface area (Å²) < 4.78 is 1.97. The Hall–Kier alpha value is -3.91. The average Bonchev–Trinajstić information content (AvgIpc) is 3.31. The highest BCUT2D eigenvalue weighted by Crippen LogP contribution is 2.23. The number of aryl methyl sites for hydroxylation is 1. The molecule has 4 rings (SSSR count). The lowest BCUT2D eigenvalue weighted by Gasteiger charge is -2.11. The van der Waals surface area contributed by atoms with Crippen LogP contribution in [-0.4, -0.2) is 32.1 Å². The number of hydrogen-bond donors (Lipinski definition) is 2. The van der Waals surface area contributed by atoms with Gasteiger partial charge in [0.1, 0.15) is 0 Å². The molecule has 0 saturated carbocycles. The Kier molecular flexibility index (Phi) is 7.16. The van der Waals surface area contributed by atoms with Gasteiger partial charge in [0.15, 0.2) is 5.16 Å². The van der Waals surface area contributed by atoms with Crippen molar-refractivity contribution in [3.05, 3.63) is 102 Å². The fourth-order valence-corrected chi connectivity index (χ4v) is 4.02. The molecule has 0 aliphatic rings. The Morgan fingerprint density at radius 3 is 2.64 bits per heavy atom. The molecule has 166 valence electrons. The smallest absolute Gasteiger partial charge is 0.251 e. The average molecular weight is 458 g/mol. The van der Waals surface area contributed by atoms with E-state index in [0.717, 1.165) is 22.1 Å². The zero-order valence-electron chi connectivity index (χ0n) is 18.1. The van der Waals surface area contributed by atoms with Crippen molar-refractivity contribution in [2.75, 3.05) is 11.1 Å². The minimum Gasteiger partial charge on any atom is -0.346 e. The number of rotatable bonds is 8. The van der Waals surface area contributed by atoms with Crippen molar-refractivity contribution in [1.29, 1.82) is 0 Å². The van der Waals surface area contributed by atoms with Crippen LogP contribution in [0.15, 0.2) is 90.5 Å². The van der Waals surface area contributed by atoms with E-state index in [1.54, 1.807) is 36.7 Å². The molecular weight excluding hydrogens is 434 g/mol. The van der Waals surface area contributed by atoms with Crippen molar-refractivity contribution in [2.45, 2.75) is 18.6 Å². The van der Waals surface area contributed by atoms with E-state index in [1.807, 2.05) is 60.2 Å². The monoisotopic (exact) mass is 457 g/mol. The fraction of sp³-hybridized carbons (Fsp3) is 0.120. The maximum Gasteiger partial charge on any atom is 0.251 e. The Morgan fingerprint density at radius 1 is 0.970 bits per heavy atom. The Labute approximate surface area is 196 Å². The van der Waals surface area contributed by atoms with Gasteiger partial charge in [-0.05, 0) is 48.9 Å². The van der Waals surface area contributed by atoms with Gasteiger partial charge in [0.2, 0.25) is 5.91 Å². The molecule has 0 unspecified atom stereocenters. The third-order valence-electron chi connectivity index (χ3n) is 4.88. The van der Waals surface area contributed by atoms with E-state index in [0.29, 0.717) is 17.8 Å². The second-order valence-corrected chi connectivity index (χ2v) is 8.23. The number of hydrogen-bond acceptors (Lipinski definition) is 5. The number of nitrogens with zero attached hydrogens (tertiary/aromatic N) is 3. The molecule has 4 aromatic rings. The third kappa shape index (κ3) is 5.87. The van der Waals surface area contributed by atoms with Crippen molar-refractivity contribution >= 4 is 29.3 Å². The summed E-state index contributed by atoms with van der Waals surface area (Å²) in [5.41, 5.74) is 3.96. The summed E-state index contributed by atoms with van der Waals surface area (Å²) >= 11 is 1.35.